The van der Waals surface area contributed by atoms with E-state index in [9.17, 15) is 13.5 Å². The van der Waals surface area contributed by atoms with Crippen molar-refractivity contribution < 1.29 is 23.0 Å². The molecule has 0 amide bonds. The van der Waals surface area contributed by atoms with Gasteiger partial charge >= 0.3 is 0 Å². The molecule has 12 nitrogen and oxygen atoms in total. The van der Waals surface area contributed by atoms with E-state index in [2.05, 4.69) is 29.9 Å². The van der Waals surface area contributed by atoms with Crippen LogP contribution < -0.4 is 9.46 Å². The number of ether oxygens (including phenoxy) is 2. The summed E-state index contributed by atoms with van der Waals surface area (Å²) in [5.41, 5.74) is 1.38. The average Bonchev–Trinajstić information content (AvgIpc) is 3.10. The van der Waals surface area contributed by atoms with E-state index in [1.54, 1.807) is 30.7 Å². The summed E-state index contributed by atoms with van der Waals surface area (Å²) in [6.07, 6.45) is 3.84. The Morgan fingerprint density at radius 3 is 2.75 bits per heavy atom. The first-order valence-corrected chi connectivity index (χ1v) is 11.4. The van der Waals surface area contributed by atoms with Gasteiger partial charge in [0.25, 0.3) is 0 Å². The lowest BCUT2D eigenvalue weighted by molar-refractivity contribution is 0.0949. The highest BCUT2D eigenvalue weighted by atomic mass is 32.2. The summed E-state index contributed by atoms with van der Waals surface area (Å²) in [7, 11) is -2.63. The number of aliphatic hydroxyl groups is 1. The molecule has 0 radical (unpaired) electrons. The Labute approximate surface area is 184 Å². The Balaban J connectivity index is 1.68. The largest absolute Gasteiger partial charge is 0.475 e. The molecule has 13 heteroatoms. The van der Waals surface area contributed by atoms with Crippen LogP contribution in [0.15, 0.2) is 30.7 Å². The normalized spacial score (nSPS) is 17.4. The fraction of sp³-hybridized carbons (Fsp3) is 0.421. The van der Waals surface area contributed by atoms with E-state index in [1.807, 2.05) is 6.92 Å². The molecule has 2 N–H and O–H groups in total. The highest BCUT2D eigenvalue weighted by molar-refractivity contribution is 7.93. The van der Waals surface area contributed by atoms with Gasteiger partial charge in [-0.2, -0.15) is 0 Å². The monoisotopic (exact) mass is 461 g/mol. The van der Waals surface area contributed by atoms with Crippen molar-refractivity contribution in [3.05, 3.63) is 42.1 Å². The molecule has 3 atom stereocenters. The average molecular weight is 462 g/mol. The molecule has 0 bridgehead atoms. The smallest absolute Gasteiger partial charge is 0.240 e. The quantitative estimate of drug-likeness (QED) is 0.518. The predicted molar refractivity (Wildman–Crippen MR) is 113 cm³/mol. The summed E-state index contributed by atoms with van der Waals surface area (Å²) in [6, 6.07) is 2.82. The number of methoxy groups -OCH3 is 1. The van der Waals surface area contributed by atoms with Crippen LogP contribution in [-0.4, -0.2) is 68.8 Å². The molecule has 4 rings (SSSR count). The summed E-state index contributed by atoms with van der Waals surface area (Å²) in [6.45, 7) is 3.07. The van der Waals surface area contributed by atoms with Crippen molar-refractivity contribution >= 4 is 16.0 Å². The number of rotatable bonds is 7. The number of hydrogen-bond acceptors (Lipinski definition) is 10. The van der Waals surface area contributed by atoms with Crippen LogP contribution in [0.2, 0.25) is 0 Å². The van der Waals surface area contributed by atoms with Gasteiger partial charge in [-0.05, 0) is 31.5 Å². The first kappa shape index (κ1) is 22.0. The Bertz CT molecular complexity index is 1200. The lowest BCUT2D eigenvalue weighted by atomic mass is 10.2. The number of aromatic nitrogens is 6. The maximum atomic E-state index is 13.2. The molecular weight excluding hydrogens is 438 g/mol. The third-order valence-corrected chi connectivity index (χ3v) is 6.85. The van der Waals surface area contributed by atoms with Gasteiger partial charge in [-0.25, -0.2) is 23.4 Å². The van der Waals surface area contributed by atoms with E-state index >= 15 is 0 Å². The van der Waals surface area contributed by atoms with E-state index < -0.39 is 27.4 Å². The second-order valence-electron chi connectivity index (χ2n) is 7.35. The summed E-state index contributed by atoms with van der Waals surface area (Å²) < 4.78 is 41.5. The highest BCUT2D eigenvalue weighted by Gasteiger charge is 2.35. The Kier molecular flexibility index (Phi) is 6.04. The first-order chi connectivity index (χ1) is 15.4. The number of aryl methyl sites for hydroxylation is 1. The zero-order chi connectivity index (χ0) is 22.9. The molecule has 0 fully saturated rings. The lowest BCUT2D eigenvalue weighted by Crippen LogP contribution is -2.34. The van der Waals surface area contributed by atoms with E-state index in [4.69, 9.17) is 9.47 Å². The van der Waals surface area contributed by atoms with Crippen LogP contribution in [0.5, 0.6) is 5.88 Å². The number of nitrogens with zero attached hydrogens (tertiary/aromatic N) is 6. The standard InChI is InChI=1S/C19H23N7O5S/c1-11-7-21-16(22-8-11)15(30-3)12(2)32(28,29)25-19-24-23-17-14-5-4-6-20-18(14)31-10-13(9-27)26(17)19/h4-8,12-13,15,27H,9-10H2,1-3H3,(H,24,25)/t12?,13-,15?/m1/s1. The zero-order valence-electron chi connectivity index (χ0n) is 17.7. The topological polar surface area (TPSA) is 154 Å². The van der Waals surface area contributed by atoms with Gasteiger partial charge < -0.3 is 14.6 Å². The van der Waals surface area contributed by atoms with Crippen molar-refractivity contribution in [2.24, 2.45) is 0 Å². The van der Waals surface area contributed by atoms with Crippen LogP contribution in [-0.2, 0) is 14.8 Å². The van der Waals surface area contributed by atoms with Crippen LogP contribution in [0.3, 0.4) is 0 Å². The summed E-state index contributed by atoms with van der Waals surface area (Å²) in [4.78, 5) is 12.6. The number of anilines is 1. The van der Waals surface area contributed by atoms with Crippen LogP contribution in [0.1, 0.15) is 30.5 Å². The number of hydrogen-bond donors (Lipinski definition) is 2. The minimum Gasteiger partial charge on any atom is -0.475 e. The van der Waals surface area contributed by atoms with Crippen LogP contribution in [0.4, 0.5) is 5.95 Å². The number of aliphatic hydroxyl groups excluding tert-OH is 1. The molecule has 3 aromatic heterocycles. The molecule has 3 aromatic rings. The number of fused-ring (bicyclic) bond motifs is 3. The fourth-order valence-corrected chi connectivity index (χ4v) is 4.53. The van der Waals surface area contributed by atoms with Crippen molar-refractivity contribution in [1.82, 2.24) is 29.7 Å². The van der Waals surface area contributed by atoms with E-state index in [-0.39, 0.29) is 25.0 Å². The molecule has 1 aliphatic rings. The van der Waals surface area contributed by atoms with E-state index in [1.165, 1.54) is 18.6 Å². The third kappa shape index (κ3) is 4.01. The highest BCUT2D eigenvalue weighted by Crippen LogP contribution is 2.35. The Hall–Kier alpha value is -3.16. The molecule has 0 aliphatic carbocycles. The SMILES string of the molecule is COC(c1ncc(C)cn1)C(C)S(=O)(=O)Nc1nnc2n1[C@H](CO)COc1ncccc1-2. The molecule has 0 saturated heterocycles. The van der Waals surface area contributed by atoms with Crippen molar-refractivity contribution in [1.29, 1.82) is 0 Å². The number of pyridine rings is 1. The van der Waals surface area contributed by atoms with Gasteiger partial charge in [0.15, 0.2) is 11.6 Å². The summed E-state index contributed by atoms with van der Waals surface area (Å²) >= 11 is 0. The van der Waals surface area contributed by atoms with E-state index in [0.717, 1.165) is 5.56 Å². The second kappa shape index (κ2) is 8.76. The zero-order valence-corrected chi connectivity index (χ0v) is 18.5. The molecule has 170 valence electrons. The minimum absolute atomic E-state index is 0.0501. The van der Waals surface area contributed by atoms with Crippen LogP contribution in [0, 0.1) is 6.92 Å². The first-order valence-electron chi connectivity index (χ1n) is 9.82. The van der Waals surface area contributed by atoms with Crippen molar-refractivity contribution in [3.63, 3.8) is 0 Å². The van der Waals surface area contributed by atoms with E-state index in [0.29, 0.717) is 17.3 Å². The molecule has 2 unspecified atom stereocenters. The fourth-order valence-electron chi connectivity index (χ4n) is 3.39. The van der Waals surface area contributed by atoms with Gasteiger partial charge in [-0.1, -0.05) is 0 Å². The van der Waals surface area contributed by atoms with Gasteiger partial charge in [0.1, 0.15) is 18.0 Å². The van der Waals surface area contributed by atoms with Crippen molar-refractivity contribution in [2.45, 2.75) is 31.2 Å². The molecule has 32 heavy (non-hydrogen) atoms. The Morgan fingerprint density at radius 1 is 1.31 bits per heavy atom. The maximum absolute atomic E-state index is 13.2. The summed E-state index contributed by atoms with van der Waals surface area (Å²) in [5, 5.41) is 17.0. The second-order valence-corrected chi connectivity index (χ2v) is 9.39. The lowest BCUT2D eigenvalue weighted by Gasteiger charge is -2.23. The molecule has 0 saturated carbocycles. The predicted octanol–water partition coefficient (Wildman–Crippen LogP) is 0.882. The van der Waals surface area contributed by atoms with Gasteiger partial charge in [0.05, 0.1) is 18.2 Å². The molecular formula is C19H23N7O5S. The number of sulfonamides is 1. The molecule has 0 spiro atoms. The van der Waals surface area contributed by atoms with Gasteiger partial charge in [-0.15, -0.1) is 10.2 Å². The molecule has 0 aromatic carbocycles. The minimum atomic E-state index is -4.02. The molecule has 1 aliphatic heterocycles. The number of nitrogens with one attached hydrogen (secondary N) is 1. The van der Waals surface area contributed by atoms with Crippen LogP contribution in [0.25, 0.3) is 11.4 Å². The van der Waals surface area contributed by atoms with Gasteiger partial charge in [0.2, 0.25) is 21.9 Å². The summed E-state index contributed by atoms with van der Waals surface area (Å²) in [5.74, 6) is 0.861. The van der Waals surface area contributed by atoms with Crippen molar-refractivity contribution in [2.75, 3.05) is 25.0 Å². The van der Waals surface area contributed by atoms with Gasteiger partial charge in [-0.3, -0.25) is 9.29 Å². The third-order valence-electron chi connectivity index (χ3n) is 5.15. The van der Waals surface area contributed by atoms with Gasteiger partial charge in [0, 0.05) is 25.7 Å². The van der Waals surface area contributed by atoms with Crippen molar-refractivity contribution in [3.8, 4) is 17.3 Å². The maximum Gasteiger partial charge on any atom is 0.240 e. The van der Waals surface area contributed by atoms with Crippen LogP contribution >= 0.6 is 0 Å². The Morgan fingerprint density at radius 2 is 2.06 bits per heavy atom. The molecule has 4 heterocycles.